The molecule has 0 aliphatic carbocycles. The topological polar surface area (TPSA) is 92.8 Å². The van der Waals surface area contributed by atoms with Gasteiger partial charge in [0.1, 0.15) is 11.1 Å². The molecule has 0 aliphatic rings. The fourth-order valence-corrected chi connectivity index (χ4v) is 1.47. The number of nitrogens with zero attached hydrogens (tertiary/aromatic N) is 3. The van der Waals surface area contributed by atoms with Crippen molar-refractivity contribution >= 4 is 34.8 Å². The Bertz CT molecular complexity index is 589. The van der Waals surface area contributed by atoms with Gasteiger partial charge in [-0.1, -0.05) is 11.6 Å². The van der Waals surface area contributed by atoms with Crippen LogP contribution in [0.1, 0.15) is 20.8 Å². The van der Waals surface area contributed by atoms with E-state index < -0.39 is 11.7 Å². The first-order chi connectivity index (χ1) is 8.35. The lowest BCUT2D eigenvalue weighted by atomic mass is 10.2. The largest absolute Gasteiger partial charge is 0.444 e. The number of halogens is 1. The minimum atomic E-state index is -0.641. The SMILES string of the molecule is CC(C)(C)OC(=O)Nc1nc(Cl)c2nc[nH]c2n1. The zero-order valence-corrected chi connectivity index (χ0v) is 10.9. The number of carbonyl (C=O) groups excluding carboxylic acids is 1. The molecule has 2 N–H and O–H groups in total. The predicted octanol–water partition coefficient (Wildman–Crippen LogP) is 2.35. The molecule has 0 unspecified atom stereocenters. The van der Waals surface area contributed by atoms with Gasteiger partial charge in [-0.25, -0.2) is 9.78 Å². The molecule has 2 heterocycles. The van der Waals surface area contributed by atoms with Gasteiger partial charge in [-0.3, -0.25) is 5.32 Å². The van der Waals surface area contributed by atoms with Crippen LogP contribution >= 0.6 is 11.6 Å². The molecule has 1 amide bonds. The van der Waals surface area contributed by atoms with E-state index in [1.165, 1.54) is 6.33 Å². The highest BCUT2D eigenvalue weighted by atomic mass is 35.5. The van der Waals surface area contributed by atoms with Crippen LogP contribution in [-0.4, -0.2) is 31.6 Å². The molecule has 0 aliphatic heterocycles. The predicted molar refractivity (Wildman–Crippen MR) is 66.6 cm³/mol. The van der Waals surface area contributed by atoms with E-state index in [1.54, 1.807) is 20.8 Å². The number of hydrogen-bond acceptors (Lipinski definition) is 5. The molecule has 0 saturated carbocycles. The van der Waals surface area contributed by atoms with Crippen molar-refractivity contribution in [3.8, 4) is 0 Å². The summed E-state index contributed by atoms with van der Waals surface area (Å²) in [7, 11) is 0. The monoisotopic (exact) mass is 269 g/mol. The van der Waals surface area contributed by atoms with Gasteiger partial charge in [0, 0.05) is 0 Å². The van der Waals surface area contributed by atoms with Crippen molar-refractivity contribution in [3.63, 3.8) is 0 Å². The van der Waals surface area contributed by atoms with Crippen LogP contribution in [0.25, 0.3) is 11.2 Å². The number of carbonyl (C=O) groups is 1. The first-order valence-electron chi connectivity index (χ1n) is 5.22. The summed E-state index contributed by atoms with van der Waals surface area (Å²) in [6.45, 7) is 5.29. The minimum absolute atomic E-state index is 0.0611. The van der Waals surface area contributed by atoms with E-state index in [2.05, 4.69) is 25.3 Å². The number of rotatable bonds is 1. The van der Waals surface area contributed by atoms with Gasteiger partial charge in [0.15, 0.2) is 10.8 Å². The van der Waals surface area contributed by atoms with Crippen molar-refractivity contribution in [2.45, 2.75) is 26.4 Å². The second-order valence-corrected chi connectivity index (χ2v) is 4.92. The number of ether oxygens (including phenoxy) is 1. The van der Waals surface area contributed by atoms with E-state index in [0.717, 1.165) is 0 Å². The summed E-state index contributed by atoms with van der Waals surface area (Å²) in [6, 6.07) is 0. The standard InChI is InChI=1S/C10H12ClN5O2/c1-10(2,3)18-9(17)16-8-14-6(11)5-7(15-8)13-4-12-5/h4H,1-3H3,(H2,12,13,14,15,16,17). The van der Waals surface area contributed by atoms with Crippen molar-refractivity contribution in [2.75, 3.05) is 5.32 Å². The zero-order chi connectivity index (χ0) is 13.3. The molecule has 0 radical (unpaired) electrons. The Balaban J connectivity index is 2.19. The molecular weight excluding hydrogens is 258 g/mol. The van der Waals surface area contributed by atoms with E-state index in [4.69, 9.17) is 16.3 Å². The Hall–Kier alpha value is -1.89. The van der Waals surface area contributed by atoms with E-state index in [0.29, 0.717) is 11.2 Å². The van der Waals surface area contributed by atoms with E-state index in [-0.39, 0.29) is 11.1 Å². The Kier molecular flexibility index (Phi) is 3.08. The van der Waals surface area contributed by atoms with E-state index in [1.807, 2.05) is 0 Å². The van der Waals surface area contributed by atoms with Gasteiger partial charge in [-0.2, -0.15) is 9.97 Å². The number of hydrogen-bond donors (Lipinski definition) is 2. The smallest absolute Gasteiger partial charge is 0.414 e. The molecule has 0 atom stereocenters. The minimum Gasteiger partial charge on any atom is -0.444 e. The average Bonchev–Trinajstić information content (AvgIpc) is 2.62. The van der Waals surface area contributed by atoms with Crippen molar-refractivity contribution in [1.82, 2.24) is 19.9 Å². The third-order valence-electron chi connectivity index (χ3n) is 1.85. The average molecular weight is 270 g/mol. The van der Waals surface area contributed by atoms with Gasteiger partial charge in [0.2, 0.25) is 5.95 Å². The number of aromatic amines is 1. The molecule has 8 heteroatoms. The summed E-state index contributed by atoms with van der Waals surface area (Å²) >= 11 is 5.89. The Labute approximate surface area is 108 Å². The van der Waals surface area contributed by atoms with Crippen LogP contribution in [-0.2, 0) is 4.74 Å². The molecule has 2 aromatic rings. The van der Waals surface area contributed by atoms with Crippen LogP contribution in [0.2, 0.25) is 5.15 Å². The van der Waals surface area contributed by atoms with Crippen LogP contribution in [0.3, 0.4) is 0 Å². The number of amides is 1. The van der Waals surface area contributed by atoms with E-state index >= 15 is 0 Å². The van der Waals surface area contributed by atoms with Crippen LogP contribution < -0.4 is 5.32 Å². The first kappa shape index (κ1) is 12.6. The van der Waals surface area contributed by atoms with Gasteiger partial charge >= 0.3 is 6.09 Å². The van der Waals surface area contributed by atoms with Crippen molar-refractivity contribution in [3.05, 3.63) is 11.5 Å². The Morgan fingerprint density at radius 2 is 2.17 bits per heavy atom. The molecule has 18 heavy (non-hydrogen) atoms. The van der Waals surface area contributed by atoms with Gasteiger partial charge < -0.3 is 9.72 Å². The summed E-state index contributed by atoms with van der Waals surface area (Å²) in [4.78, 5) is 26.2. The van der Waals surface area contributed by atoms with Crippen molar-refractivity contribution < 1.29 is 9.53 Å². The van der Waals surface area contributed by atoms with Crippen LogP contribution in [0.15, 0.2) is 6.33 Å². The highest BCUT2D eigenvalue weighted by Gasteiger charge is 2.18. The number of anilines is 1. The van der Waals surface area contributed by atoms with Gasteiger partial charge in [0.25, 0.3) is 0 Å². The molecule has 0 spiro atoms. The quantitative estimate of drug-likeness (QED) is 0.775. The second-order valence-electron chi connectivity index (χ2n) is 4.56. The maximum absolute atomic E-state index is 11.5. The van der Waals surface area contributed by atoms with Crippen molar-refractivity contribution in [2.24, 2.45) is 0 Å². The molecule has 0 aromatic carbocycles. The number of imidazole rings is 1. The molecule has 2 rings (SSSR count). The fraction of sp³-hybridized carbons (Fsp3) is 0.400. The lowest BCUT2D eigenvalue weighted by molar-refractivity contribution is 0.0634. The van der Waals surface area contributed by atoms with Crippen LogP contribution in [0.4, 0.5) is 10.7 Å². The molecule has 7 nitrogen and oxygen atoms in total. The first-order valence-corrected chi connectivity index (χ1v) is 5.59. The summed E-state index contributed by atoms with van der Waals surface area (Å²) < 4.78 is 5.08. The number of H-pyrrole nitrogens is 1. The third kappa shape index (κ3) is 2.86. The van der Waals surface area contributed by atoms with Gasteiger partial charge in [-0.05, 0) is 20.8 Å². The fourth-order valence-electron chi connectivity index (χ4n) is 1.25. The summed E-state index contributed by atoms with van der Waals surface area (Å²) in [5.74, 6) is 0.0611. The molecule has 0 bridgehead atoms. The van der Waals surface area contributed by atoms with Crippen LogP contribution in [0, 0.1) is 0 Å². The van der Waals surface area contributed by atoms with Crippen molar-refractivity contribution in [1.29, 1.82) is 0 Å². The Morgan fingerprint density at radius 1 is 1.44 bits per heavy atom. The highest BCUT2D eigenvalue weighted by molar-refractivity contribution is 6.33. The number of nitrogens with one attached hydrogen (secondary N) is 2. The lowest BCUT2D eigenvalue weighted by Gasteiger charge is -2.19. The normalized spacial score (nSPS) is 11.6. The molecule has 96 valence electrons. The summed E-state index contributed by atoms with van der Waals surface area (Å²) in [5, 5.41) is 2.57. The molecule has 2 aromatic heterocycles. The maximum atomic E-state index is 11.5. The second kappa shape index (κ2) is 4.41. The molecule has 0 saturated heterocycles. The van der Waals surface area contributed by atoms with Gasteiger partial charge in [0.05, 0.1) is 6.33 Å². The number of aromatic nitrogens is 4. The van der Waals surface area contributed by atoms with Gasteiger partial charge in [-0.15, -0.1) is 0 Å². The number of fused-ring (bicyclic) bond motifs is 1. The molecule has 0 fully saturated rings. The summed E-state index contributed by atoms with van der Waals surface area (Å²) in [5.41, 5.74) is 0.304. The highest BCUT2D eigenvalue weighted by Crippen LogP contribution is 2.18. The molecular formula is C10H12ClN5O2. The third-order valence-corrected chi connectivity index (χ3v) is 2.11. The maximum Gasteiger partial charge on any atom is 0.414 e. The Morgan fingerprint density at radius 3 is 2.83 bits per heavy atom. The zero-order valence-electron chi connectivity index (χ0n) is 10.1. The van der Waals surface area contributed by atoms with E-state index in [9.17, 15) is 4.79 Å². The summed E-state index contributed by atoms with van der Waals surface area (Å²) in [6.07, 6.45) is 0.806. The van der Waals surface area contributed by atoms with Crippen LogP contribution in [0.5, 0.6) is 0 Å². The lowest BCUT2D eigenvalue weighted by Crippen LogP contribution is -2.27.